The predicted octanol–water partition coefficient (Wildman–Crippen LogP) is 2.97. The van der Waals surface area contributed by atoms with Gasteiger partial charge in [0, 0.05) is 5.92 Å². The molecule has 1 aliphatic rings. The Morgan fingerprint density at radius 1 is 1.22 bits per heavy atom. The zero-order valence-corrected chi connectivity index (χ0v) is 12.7. The first-order chi connectivity index (χ1) is 10.9. The van der Waals surface area contributed by atoms with Crippen LogP contribution in [0.1, 0.15) is 37.8 Å². The molecule has 1 aliphatic carbocycles. The number of nitrogens with one attached hydrogen (secondary N) is 1. The Bertz CT molecular complexity index is 562. The van der Waals surface area contributed by atoms with Crippen molar-refractivity contribution < 1.29 is 28.2 Å². The van der Waals surface area contributed by atoms with Crippen molar-refractivity contribution >= 4 is 11.9 Å². The second-order valence-electron chi connectivity index (χ2n) is 5.72. The summed E-state index contributed by atoms with van der Waals surface area (Å²) in [5, 5.41) is 11.8. The molecule has 3 atom stereocenters. The zero-order valence-electron chi connectivity index (χ0n) is 12.7. The fourth-order valence-electron chi connectivity index (χ4n) is 2.80. The van der Waals surface area contributed by atoms with E-state index in [0.717, 1.165) is 5.56 Å². The molecule has 0 spiro atoms. The number of hydrogen-bond donors (Lipinski definition) is 2. The molecule has 7 heteroatoms. The number of carboxylic acid groups (broad SMARTS) is 1. The average Bonchev–Trinajstić information content (AvgIpc) is 2.97. The van der Waals surface area contributed by atoms with E-state index in [9.17, 15) is 18.4 Å². The average molecular weight is 327 g/mol. The van der Waals surface area contributed by atoms with Gasteiger partial charge >= 0.3 is 12.6 Å². The molecule has 1 amide bonds. The van der Waals surface area contributed by atoms with Crippen molar-refractivity contribution in [1.29, 1.82) is 0 Å². The molecule has 1 aromatic rings. The van der Waals surface area contributed by atoms with Crippen LogP contribution >= 0.6 is 0 Å². The maximum absolute atomic E-state index is 12.2. The van der Waals surface area contributed by atoms with Crippen LogP contribution in [0.3, 0.4) is 0 Å². The minimum Gasteiger partial charge on any atom is -0.481 e. The lowest BCUT2D eigenvalue weighted by atomic mass is 10.0. The smallest absolute Gasteiger partial charge is 0.387 e. The number of carbonyl (C=O) groups excluding carboxylic acids is 1. The van der Waals surface area contributed by atoms with Gasteiger partial charge in [0.05, 0.1) is 12.0 Å². The summed E-state index contributed by atoms with van der Waals surface area (Å²) in [5.41, 5.74) is 0.757. The number of carboxylic acids is 1. The molecular formula is C16H19F2NO4. The SMILES string of the molecule is CC(NC(=O)[C@@H]1CC[C@H](C(=O)O)C1)c1ccc(OC(F)F)cc1. The summed E-state index contributed by atoms with van der Waals surface area (Å²) in [6, 6.07) is 5.75. The van der Waals surface area contributed by atoms with Crippen LogP contribution in [0.4, 0.5) is 8.78 Å². The molecule has 2 rings (SSSR count). The molecule has 1 saturated carbocycles. The van der Waals surface area contributed by atoms with Crippen LogP contribution in [-0.4, -0.2) is 23.6 Å². The van der Waals surface area contributed by atoms with E-state index in [1.54, 1.807) is 19.1 Å². The van der Waals surface area contributed by atoms with Gasteiger partial charge in [0.25, 0.3) is 0 Å². The van der Waals surface area contributed by atoms with Gasteiger partial charge in [-0.15, -0.1) is 0 Å². The first kappa shape index (κ1) is 17.2. The summed E-state index contributed by atoms with van der Waals surface area (Å²) in [6.45, 7) is -1.09. The van der Waals surface area contributed by atoms with Crippen LogP contribution in [-0.2, 0) is 9.59 Å². The number of benzene rings is 1. The van der Waals surface area contributed by atoms with Gasteiger partial charge in [-0.2, -0.15) is 8.78 Å². The summed E-state index contributed by atoms with van der Waals surface area (Å²) in [6.07, 6.45) is 1.44. The fourth-order valence-corrected chi connectivity index (χ4v) is 2.80. The highest BCUT2D eigenvalue weighted by Crippen LogP contribution is 2.31. The second-order valence-corrected chi connectivity index (χ2v) is 5.72. The van der Waals surface area contributed by atoms with E-state index >= 15 is 0 Å². The highest BCUT2D eigenvalue weighted by atomic mass is 19.3. The van der Waals surface area contributed by atoms with E-state index in [2.05, 4.69) is 10.1 Å². The van der Waals surface area contributed by atoms with Gasteiger partial charge in [-0.3, -0.25) is 9.59 Å². The molecule has 1 fully saturated rings. The van der Waals surface area contributed by atoms with Crippen molar-refractivity contribution in [3.8, 4) is 5.75 Å². The first-order valence-corrected chi connectivity index (χ1v) is 7.44. The standard InChI is InChI=1S/C16H19F2NO4/c1-9(10-4-6-13(7-5-10)23-16(17)18)19-14(20)11-2-3-12(8-11)15(21)22/h4-7,9,11-12,16H,2-3,8H2,1H3,(H,19,20)(H,21,22)/t9?,11-,12+/m1/s1. The zero-order chi connectivity index (χ0) is 17.0. The Balaban J connectivity index is 1.90. The van der Waals surface area contributed by atoms with E-state index < -0.39 is 18.5 Å². The third-order valence-corrected chi connectivity index (χ3v) is 4.12. The van der Waals surface area contributed by atoms with E-state index in [4.69, 9.17) is 5.11 Å². The van der Waals surface area contributed by atoms with Crippen molar-refractivity contribution in [3.63, 3.8) is 0 Å². The molecule has 0 heterocycles. The van der Waals surface area contributed by atoms with Gasteiger partial charge in [-0.1, -0.05) is 12.1 Å². The van der Waals surface area contributed by atoms with Crippen LogP contribution in [0, 0.1) is 11.8 Å². The minimum absolute atomic E-state index is 0.0577. The van der Waals surface area contributed by atoms with Gasteiger partial charge in [-0.05, 0) is 43.9 Å². The number of alkyl halides is 2. The van der Waals surface area contributed by atoms with Gasteiger partial charge in [-0.25, -0.2) is 0 Å². The monoisotopic (exact) mass is 327 g/mol. The normalized spacial score (nSPS) is 21.9. The number of carbonyl (C=O) groups is 2. The maximum Gasteiger partial charge on any atom is 0.387 e. The second kappa shape index (κ2) is 7.39. The highest BCUT2D eigenvalue weighted by Gasteiger charge is 2.34. The van der Waals surface area contributed by atoms with Crippen molar-refractivity contribution in [2.45, 2.75) is 38.8 Å². The lowest BCUT2D eigenvalue weighted by Gasteiger charge is -2.18. The quantitative estimate of drug-likeness (QED) is 0.842. The van der Waals surface area contributed by atoms with E-state index in [-0.39, 0.29) is 23.6 Å². The molecule has 0 saturated heterocycles. The number of rotatable bonds is 6. The van der Waals surface area contributed by atoms with E-state index in [1.165, 1.54) is 12.1 Å². The van der Waals surface area contributed by atoms with Crippen LogP contribution in [0.5, 0.6) is 5.75 Å². The Hall–Kier alpha value is -2.18. The molecule has 126 valence electrons. The minimum atomic E-state index is -2.87. The molecule has 0 radical (unpaired) electrons. The number of ether oxygens (including phenoxy) is 1. The molecule has 1 aromatic carbocycles. The summed E-state index contributed by atoms with van der Waals surface area (Å²) in [7, 11) is 0. The topological polar surface area (TPSA) is 75.6 Å². The van der Waals surface area contributed by atoms with E-state index in [0.29, 0.717) is 19.3 Å². The highest BCUT2D eigenvalue weighted by molar-refractivity contribution is 5.81. The Morgan fingerprint density at radius 3 is 2.35 bits per heavy atom. The summed E-state index contributed by atoms with van der Waals surface area (Å²) in [5.74, 6) is -1.72. The molecule has 5 nitrogen and oxygen atoms in total. The van der Waals surface area contributed by atoms with Crippen LogP contribution in [0.25, 0.3) is 0 Å². The van der Waals surface area contributed by atoms with Crippen molar-refractivity contribution in [2.24, 2.45) is 11.8 Å². The molecule has 23 heavy (non-hydrogen) atoms. The summed E-state index contributed by atoms with van der Waals surface area (Å²) >= 11 is 0. The van der Waals surface area contributed by atoms with Crippen LogP contribution in [0.2, 0.25) is 0 Å². The first-order valence-electron chi connectivity index (χ1n) is 7.44. The van der Waals surface area contributed by atoms with Gasteiger partial charge in [0.1, 0.15) is 5.75 Å². The Kier molecular flexibility index (Phi) is 5.52. The molecule has 0 bridgehead atoms. The van der Waals surface area contributed by atoms with E-state index in [1.807, 2.05) is 0 Å². The number of aliphatic carboxylic acids is 1. The van der Waals surface area contributed by atoms with Gasteiger partial charge < -0.3 is 15.2 Å². The number of halogens is 2. The molecule has 2 N–H and O–H groups in total. The maximum atomic E-state index is 12.2. The summed E-state index contributed by atoms with van der Waals surface area (Å²) in [4.78, 5) is 23.1. The molecule has 0 aromatic heterocycles. The lowest BCUT2D eigenvalue weighted by molar-refractivity contribution is -0.141. The predicted molar refractivity (Wildman–Crippen MR) is 78.1 cm³/mol. The lowest BCUT2D eigenvalue weighted by Crippen LogP contribution is -2.32. The number of amides is 1. The van der Waals surface area contributed by atoms with Crippen molar-refractivity contribution in [3.05, 3.63) is 29.8 Å². The molecule has 0 aliphatic heterocycles. The molecular weight excluding hydrogens is 308 g/mol. The summed E-state index contributed by atoms with van der Waals surface area (Å²) < 4.78 is 28.5. The van der Waals surface area contributed by atoms with Gasteiger partial charge in [0.15, 0.2) is 0 Å². The third-order valence-electron chi connectivity index (χ3n) is 4.12. The van der Waals surface area contributed by atoms with Crippen molar-refractivity contribution in [2.75, 3.05) is 0 Å². The largest absolute Gasteiger partial charge is 0.481 e. The van der Waals surface area contributed by atoms with Crippen molar-refractivity contribution in [1.82, 2.24) is 5.32 Å². The fraction of sp³-hybridized carbons (Fsp3) is 0.500. The Labute approximate surface area is 132 Å². The van der Waals surface area contributed by atoms with Crippen LogP contribution < -0.4 is 10.1 Å². The third kappa shape index (κ3) is 4.64. The molecule has 1 unspecified atom stereocenters. The Morgan fingerprint density at radius 2 is 1.83 bits per heavy atom. The number of hydrogen-bond acceptors (Lipinski definition) is 3. The van der Waals surface area contributed by atoms with Crippen LogP contribution in [0.15, 0.2) is 24.3 Å². The van der Waals surface area contributed by atoms with Gasteiger partial charge in [0.2, 0.25) is 5.91 Å².